The number of rotatable bonds is 5. The molecular weight excluding hydrogens is 354 g/mol. The van der Waals surface area contributed by atoms with E-state index in [1.807, 2.05) is 31.2 Å². The Labute approximate surface area is 152 Å². The predicted octanol–water partition coefficient (Wildman–Crippen LogP) is 4.52. The molecule has 0 bridgehead atoms. The van der Waals surface area contributed by atoms with E-state index in [-0.39, 0.29) is 5.63 Å². The molecule has 126 valence electrons. The van der Waals surface area contributed by atoms with Crippen LogP contribution in [-0.4, -0.2) is 16.7 Å². The molecular formula is C18H15N3O2S2. The van der Waals surface area contributed by atoms with Crippen molar-refractivity contribution in [3.8, 4) is 0 Å². The fraction of sp³-hybridized carbons (Fsp3) is 0.167. The van der Waals surface area contributed by atoms with E-state index in [1.54, 1.807) is 17.8 Å². The molecule has 0 unspecified atom stereocenters. The van der Waals surface area contributed by atoms with E-state index >= 15 is 0 Å². The average molecular weight is 369 g/mol. The highest BCUT2D eigenvalue weighted by molar-refractivity contribution is 8.00. The van der Waals surface area contributed by atoms with Crippen LogP contribution < -0.4 is 10.9 Å². The van der Waals surface area contributed by atoms with Crippen LogP contribution in [0, 0.1) is 0 Å². The summed E-state index contributed by atoms with van der Waals surface area (Å²) in [5.41, 5.74) is 1.24. The van der Waals surface area contributed by atoms with Crippen LogP contribution in [-0.2, 0) is 5.75 Å². The highest BCUT2D eigenvalue weighted by Crippen LogP contribution is 2.33. The van der Waals surface area contributed by atoms with Crippen molar-refractivity contribution in [3.63, 3.8) is 0 Å². The Morgan fingerprint density at radius 1 is 1.20 bits per heavy atom. The van der Waals surface area contributed by atoms with E-state index in [1.165, 1.54) is 11.3 Å². The minimum Gasteiger partial charge on any atom is -0.423 e. The van der Waals surface area contributed by atoms with Crippen LogP contribution in [0.25, 0.3) is 21.7 Å². The lowest BCUT2D eigenvalue weighted by molar-refractivity contribution is 0.560. The third-order valence-corrected chi connectivity index (χ3v) is 5.86. The molecule has 5 nitrogen and oxygen atoms in total. The molecule has 7 heteroatoms. The van der Waals surface area contributed by atoms with Gasteiger partial charge >= 0.3 is 5.63 Å². The second-order valence-electron chi connectivity index (χ2n) is 5.44. The molecule has 0 aliphatic rings. The molecule has 0 radical (unpaired) electrons. The Morgan fingerprint density at radius 3 is 2.96 bits per heavy atom. The highest BCUT2D eigenvalue weighted by atomic mass is 32.2. The van der Waals surface area contributed by atoms with Gasteiger partial charge in [-0.05, 0) is 29.3 Å². The molecule has 2 aromatic carbocycles. The van der Waals surface area contributed by atoms with Gasteiger partial charge in [0.1, 0.15) is 5.58 Å². The third-order valence-electron chi connectivity index (χ3n) is 3.80. The number of fused-ring (bicyclic) bond motifs is 3. The second-order valence-corrected chi connectivity index (χ2v) is 7.64. The van der Waals surface area contributed by atoms with Crippen molar-refractivity contribution >= 4 is 50.0 Å². The first-order chi connectivity index (χ1) is 12.2. The number of anilines is 1. The lowest BCUT2D eigenvalue weighted by atomic mass is 10.0. The molecule has 0 saturated heterocycles. The summed E-state index contributed by atoms with van der Waals surface area (Å²) < 4.78 is 6.27. The van der Waals surface area contributed by atoms with E-state index in [0.717, 1.165) is 37.7 Å². The number of thioether (sulfide) groups is 1. The van der Waals surface area contributed by atoms with Crippen molar-refractivity contribution in [2.75, 3.05) is 11.9 Å². The molecule has 0 spiro atoms. The smallest absolute Gasteiger partial charge is 0.336 e. The predicted molar refractivity (Wildman–Crippen MR) is 104 cm³/mol. The number of benzene rings is 2. The molecule has 0 aliphatic heterocycles. The fourth-order valence-corrected chi connectivity index (χ4v) is 4.56. The van der Waals surface area contributed by atoms with Gasteiger partial charge in [0.2, 0.25) is 5.13 Å². The maximum Gasteiger partial charge on any atom is 0.336 e. The van der Waals surface area contributed by atoms with Crippen molar-refractivity contribution in [1.82, 2.24) is 10.2 Å². The van der Waals surface area contributed by atoms with Gasteiger partial charge in [0.25, 0.3) is 0 Å². The quantitative estimate of drug-likeness (QED) is 0.317. The Bertz CT molecular complexity index is 1100. The maximum atomic E-state index is 11.9. The number of aromatic nitrogens is 2. The zero-order valence-electron chi connectivity index (χ0n) is 13.5. The zero-order valence-corrected chi connectivity index (χ0v) is 15.1. The van der Waals surface area contributed by atoms with E-state index in [9.17, 15) is 4.79 Å². The zero-order chi connectivity index (χ0) is 17.2. The summed E-state index contributed by atoms with van der Waals surface area (Å²) >= 11 is 3.09. The summed E-state index contributed by atoms with van der Waals surface area (Å²) in [5, 5.41) is 15.5. The van der Waals surface area contributed by atoms with Gasteiger partial charge in [-0.1, -0.05) is 53.4 Å². The van der Waals surface area contributed by atoms with Crippen molar-refractivity contribution in [2.24, 2.45) is 0 Å². The Kier molecular flexibility index (Phi) is 4.42. The first kappa shape index (κ1) is 16.1. The minimum absolute atomic E-state index is 0.330. The molecule has 0 amide bonds. The molecule has 4 aromatic rings. The number of nitrogens with zero attached hydrogens (tertiary/aromatic N) is 2. The average Bonchev–Trinajstić information content (AvgIpc) is 3.07. The standard InChI is InChI=1S/C18H15N3O2S2/c1-2-19-17-20-21-18(25-17)24-10-12-9-15(22)23-14-8-7-11-5-3-4-6-13(11)16(12)14/h3-9H,2,10H2,1H3,(H,19,20). The number of hydrogen-bond donors (Lipinski definition) is 1. The molecule has 4 rings (SSSR count). The van der Waals surface area contributed by atoms with Crippen LogP contribution in [0.1, 0.15) is 12.5 Å². The summed E-state index contributed by atoms with van der Waals surface area (Å²) in [7, 11) is 0. The SMILES string of the molecule is CCNc1nnc(SCc2cc(=O)oc3ccc4ccccc4c23)s1. The maximum absolute atomic E-state index is 11.9. The molecule has 1 N–H and O–H groups in total. The molecule has 2 aromatic heterocycles. The van der Waals surface area contributed by atoms with Crippen molar-refractivity contribution in [2.45, 2.75) is 17.0 Å². The molecule has 0 saturated carbocycles. The second kappa shape index (κ2) is 6.85. The molecule has 2 heterocycles. The molecule has 0 aliphatic carbocycles. The van der Waals surface area contributed by atoms with E-state index < -0.39 is 0 Å². The van der Waals surface area contributed by atoms with E-state index in [4.69, 9.17) is 4.42 Å². The van der Waals surface area contributed by atoms with E-state index in [0.29, 0.717) is 11.3 Å². The van der Waals surface area contributed by atoms with Crippen molar-refractivity contribution in [1.29, 1.82) is 0 Å². The Morgan fingerprint density at radius 2 is 2.08 bits per heavy atom. The van der Waals surface area contributed by atoms with Crippen LogP contribution in [0.5, 0.6) is 0 Å². The van der Waals surface area contributed by atoms with Crippen molar-refractivity contribution in [3.05, 3.63) is 58.4 Å². The monoisotopic (exact) mass is 369 g/mol. The largest absolute Gasteiger partial charge is 0.423 e. The molecule has 0 fully saturated rings. The van der Waals surface area contributed by atoms with Gasteiger partial charge in [0.15, 0.2) is 4.34 Å². The van der Waals surface area contributed by atoms with Gasteiger partial charge in [-0.3, -0.25) is 0 Å². The Balaban J connectivity index is 1.74. The van der Waals surface area contributed by atoms with Gasteiger partial charge < -0.3 is 9.73 Å². The number of hydrogen-bond acceptors (Lipinski definition) is 7. The van der Waals surface area contributed by atoms with Gasteiger partial charge in [0, 0.05) is 23.8 Å². The first-order valence-corrected chi connectivity index (χ1v) is 9.69. The topological polar surface area (TPSA) is 68.0 Å². The van der Waals surface area contributed by atoms with Crippen LogP contribution in [0.15, 0.2) is 56.0 Å². The van der Waals surface area contributed by atoms with Gasteiger partial charge in [-0.2, -0.15) is 0 Å². The van der Waals surface area contributed by atoms with Gasteiger partial charge in [-0.15, -0.1) is 10.2 Å². The van der Waals surface area contributed by atoms with Crippen LogP contribution in [0.4, 0.5) is 5.13 Å². The first-order valence-electron chi connectivity index (χ1n) is 7.89. The van der Waals surface area contributed by atoms with Gasteiger partial charge in [-0.25, -0.2) is 4.79 Å². The minimum atomic E-state index is -0.330. The summed E-state index contributed by atoms with van der Waals surface area (Å²) in [6.45, 7) is 2.84. The lowest BCUT2D eigenvalue weighted by Gasteiger charge is -2.07. The van der Waals surface area contributed by atoms with Crippen molar-refractivity contribution < 1.29 is 4.42 Å². The lowest BCUT2D eigenvalue weighted by Crippen LogP contribution is -2.00. The van der Waals surface area contributed by atoms with Crippen LogP contribution >= 0.6 is 23.1 Å². The normalized spacial score (nSPS) is 11.2. The molecule has 25 heavy (non-hydrogen) atoms. The highest BCUT2D eigenvalue weighted by Gasteiger charge is 2.11. The fourth-order valence-electron chi connectivity index (χ4n) is 2.76. The van der Waals surface area contributed by atoms with Crippen LogP contribution in [0.3, 0.4) is 0 Å². The summed E-state index contributed by atoms with van der Waals surface area (Å²) in [6.07, 6.45) is 0. The molecule has 0 atom stereocenters. The third kappa shape index (κ3) is 3.25. The van der Waals surface area contributed by atoms with Gasteiger partial charge in [0.05, 0.1) is 0 Å². The summed E-state index contributed by atoms with van der Waals surface area (Å²) in [4.78, 5) is 11.9. The summed E-state index contributed by atoms with van der Waals surface area (Å²) in [6, 6.07) is 13.5. The van der Waals surface area contributed by atoms with E-state index in [2.05, 4.69) is 27.6 Å². The van der Waals surface area contributed by atoms with Crippen LogP contribution in [0.2, 0.25) is 0 Å². The summed E-state index contributed by atoms with van der Waals surface area (Å²) in [5.74, 6) is 0.636. The number of nitrogens with one attached hydrogen (secondary N) is 1. The Hall–Kier alpha value is -2.38.